The second-order valence-electron chi connectivity index (χ2n) is 16.5. The largest absolute Gasteiger partial charge is 0.412 e. The van der Waals surface area contributed by atoms with Crippen molar-refractivity contribution in [3.63, 3.8) is 0 Å². The average Bonchev–Trinajstić information content (AvgIpc) is 3.25. The van der Waals surface area contributed by atoms with Crippen molar-refractivity contribution < 1.29 is 8.85 Å². The number of rotatable bonds is 18. The first kappa shape index (κ1) is 39.2. The van der Waals surface area contributed by atoms with Crippen LogP contribution in [0.1, 0.15) is 168 Å². The van der Waals surface area contributed by atoms with E-state index in [-0.39, 0.29) is 6.10 Å². The fraction of sp³-hybridized carbons (Fsp3) is 0.947. The van der Waals surface area contributed by atoms with E-state index in [0.717, 1.165) is 0 Å². The van der Waals surface area contributed by atoms with E-state index in [1.807, 2.05) is 0 Å². The SMILES string of the molecule is CCCCCCC[C@@H](/C=C/[C@@H]1CC[C@@H]2CCC[C@@H](O[Si](C(C)C)(C(C)C)C(C)C)[C@H](C)N21)O[Si](C(C)C)(C(C)C)C(C)C. The van der Waals surface area contributed by atoms with E-state index >= 15 is 0 Å². The van der Waals surface area contributed by atoms with E-state index in [9.17, 15) is 0 Å². The Morgan fingerprint density at radius 3 is 1.72 bits per heavy atom. The summed E-state index contributed by atoms with van der Waals surface area (Å²) in [5.74, 6) is 0. The molecule has 0 bridgehead atoms. The van der Waals surface area contributed by atoms with Gasteiger partial charge in [0.2, 0.25) is 16.6 Å². The van der Waals surface area contributed by atoms with Gasteiger partial charge in [0.1, 0.15) is 0 Å². The van der Waals surface area contributed by atoms with Gasteiger partial charge in [-0.2, -0.15) is 0 Å². The first-order valence-electron chi connectivity index (χ1n) is 19.0. The number of hydrogen-bond donors (Lipinski definition) is 0. The Morgan fingerprint density at radius 2 is 1.21 bits per heavy atom. The van der Waals surface area contributed by atoms with Gasteiger partial charge in [-0.1, -0.05) is 134 Å². The number of unbranched alkanes of at least 4 members (excludes halogenated alkanes) is 4. The second kappa shape index (κ2) is 17.8. The monoisotopic (exact) mass is 636 g/mol. The Hall–Kier alpha value is 0.0538. The van der Waals surface area contributed by atoms with Crippen molar-refractivity contribution >= 4 is 16.6 Å². The van der Waals surface area contributed by atoms with Crippen molar-refractivity contribution in [2.45, 2.75) is 231 Å². The molecule has 43 heavy (non-hydrogen) atoms. The van der Waals surface area contributed by atoms with Gasteiger partial charge in [-0.25, -0.2) is 0 Å². The fourth-order valence-corrected chi connectivity index (χ4v) is 21.1. The summed E-state index contributed by atoms with van der Waals surface area (Å²) in [6.07, 6.45) is 20.0. The van der Waals surface area contributed by atoms with Gasteiger partial charge in [0.25, 0.3) is 0 Å². The molecule has 5 atom stereocenters. The molecule has 0 amide bonds. The molecule has 0 unspecified atom stereocenters. The highest BCUT2D eigenvalue weighted by Crippen LogP contribution is 2.46. The van der Waals surface area contributed by atoms with Crippen LogP contribution in [-0.4, -0.2) is 51.9 Å². The number of hydrogen-bond acceptors (Lipinski definition) is 3. The van der Waals surface area contributed by atoms with Gasteiger partial charge in [0, 0.05) is 18.1 Å². The maximum absolute atomic E-state index is 7.52. The molecule has 0 aromatic heterocycles. The van der Waals surface area contributed by atoms with Crippen molar-refractivity contribution in [1.82, 2.24) is 4.90 Å². The summed E-state index contributed by atoms with van der Waals surface area (Å²) in [5.41, 5.74) is 3.77. The van der Waals surface area contributed by atoms with Gasteiger partial charge in [-0.3, -0.25) is 4.90 Å². The van der Waals surface area contributed by atoms with Crippen LogP contribution >= 0.6 is 0 Å². The third-order valence-corrected chi connectivity index (χ3v) is 24.2. The summed E-state index contributed by atoms with van der Waals surface area (Å²) in [6.45, 7) is 34.1. The zero-order chi connectivity index (χ0) is 32.5. The highest BCUT2D eigenvalue weighted by Gasteiger charge is 2.50. The maximum Gasteiger partial charge on any atom is 0.201 e. The normalized spacial score (nSPS) is 25.3. The van der Waals surface area contributed by atoms with E-state index in [2.05, 4.69) is 114 Å². The maximum atomic E-state index is 7.52. The van der Waals surface area contributed by atoms with Crippen LogP contribution in [-0.2, 0) is 8.85 Å². The van der Waals surface area contributed by atoms with Crippen molar-refractivity contribution in [3.8, 4) is 0 Å². The number of nitrogens with zero attached hydrogens (tertiary/aromatic N) is 1. The van der Waals surface area contributed by atoms with E-state index in [1.54, 1.807) is 0 Å². The first-order chi connectivity index (χ1) is 20.2. The molecule has 0 aromatic rings. The summed E-state index contributed by atoms with van der Waals surface area (Å²) in [6, 6.07) is 1.68. The van der Waals surface area contributed by atoms with Crippen LogP contribution in [0.15, 0.2) is 12.2 Å². The fourth-order valence-electron chi connectivity index (χ4n) is 9.94. The van der Waals surface area contributed by atoms with Crippen molar-refractivity contribution in [2.24, 2.45) is 0 Å². The summed E-state index contributed by atoms with van der Waals surface area (Å²) >= 11 is 0. The zero-order valence-corrected chi connectivity index (χ0v) is 33.5. The quantitative estimate of drug-likeness (QED) is 0.0849. The van der Waals surface area contributed by atoms with E-state index in [0.29, 0.717) is 57.5 Å². The van der Waals surface area contributed by atoms with E-state index in [1.165, 1.54) is 70.6 Å². The molecule has 3 nitrogen and oxygen atoms in total. The molecule has 2 rings (SSSR count). The lowest BCUT2D eigenvalue weighted by atomic mass is 10.0. The van der Waals surface area contributed by atoms with Gasteiger partial charge >= 0.3 is 0 Å². The Kier molecular flexibility index (Phi) is 16.3. The minimum absolute atomic E-state index is 0.247. The van der Waals surface area contributed by atoms with Crippen LogP contribution in [0.5, 0.6) is 0 Å². The lowest BCUT2D eigenvalue weighted by Gasteiger charge is -2.47. The Labute approximate surface area is 273 Å². The molecule has 0 radical (unpaired) electrons. The molecule has 2 aliphatic heterocycles. The lowest BCUT2D eigenvalue weighted by molar-refractivity contribution is 0.0540. The van der Waals surface area contributed by atoms with Gasteiger partial charge < -0.3 is 8.85 Å². The van der Waals surface area contributed by atoms with Gasteiger partial charge in [0.05, 0.1) is 12.2 Å². The number of fused-ring (bicyclic) bond motifs is 1. The summed E-state index contributed by atoms with van der Waals surface area (Å²) in [4.78, 5) is 2.91. The molecule has 0 N–H and O–H groups in total. The molecule has 5 heteroatoms. The molecule has 0 spiro atoms. The van der Waals surface area contributed by atoms with E-state index < -0.39 is 16.6 Å². The summed E-state index contributed by atoms with van der Waals surface area (Å²) in [5, 5.41) is 0. The molecular weight excluding hydrogens is 559 g/mol. The van der Waals surface area contributed by atoms with Crippen LogP contribution in [0.4, 0.5) is 0 Å². The Bertz CT molecular complexity index is 764. The van der Waals surface area contributed by atoms with Gasteiger partial charge in [-0.05, 0) is 78.7 Å². The topological polar surface area (TPSA) is 21.7 Å². The van der Waals surface area contributed by atoms with Crippen LogP contribution < -0.4 is 0 Å². The van der Waals surface area contributed by atoms with Crippen molar-refractivity contribution in [2.75, 3.05) is 0 Å². The highest BCUT2D eigenvalue weighted by atomic mass is 28.4. The van der Waals surface area contributed by atoms with Gasteiger partial charge in [-0.15, -0.1) is 0 Å². The molecule has 0 aromatic carbocycles. The molecule has 2 fully saturated rings. The second-order valence-corrected chi connectivity index (χ2v) is 27.3. The van der Waals surface area contributed by atoms with Crippen LogP contribution in [0, 0.1) is 0 Å². The average molecular weight is 636 g/mol. The van der Waals surface area contributed by atoms with Crippen molar-refractivity contribution in [1.29, 1.82) is 0 Å². The van der Waals surface area contributed by atoms with Crippen LogP contribution in [0.3, 0.4) is 0 Å². The molecule has 0 saturated carbocycles. The molecular formula is C38H77NO2Si2. The molecule has 2 heterocycles. The third kappa shape index (κ3) is 9.33. The minimum atomic E-state index is -1.95. The van der Waals surface area contributed by atoms with E-state index in [4.69, 9.17) is 8.85 Å². The first-order valence-corrected chi connectivity index (χ1v) is 23.3. The lowest BCUT2D eigenvalue weighted by Crippen LogP contribution is -2.55. The minimum Gasteiger partial charge on any atom is -0.412 e. The van der Waals surface area contributed by atoms with Crippen molar-refractivity contribution in [3.05, 3.63) is 12.2 Å². The van der Waals surface area contributed by atoms with Crippen LogP contribution in [0.2, 0.25) is 33.2 Å². The smallest absolute Gasteiger partial charge is 0.201 e. The molecule has 0 aliphatic carbocycles. The Morgan fingerprint density at radius 1 is 0.674 bits per heavy atom. The highest BCUT2D eigenvalue weighted by molar-refractivity contribution is 6.78. The molecule has 2 saturated heterocycles. The van der Waals surface area contributed by atoms with Crippen LogP contribution in [0.25, 0.3) is 0 Å². The van der Waals surface area contributed by atoms with Gasteiger partial charge in [0.15, 0.2) is 0 Å². The molecule has 2 aliphatic rings. The summed E-state index contributed by atoms with van der Waals surface area (Å²) in [7, 11) is -3.88. The standard InChI is InChI=1S/C38H77NO2Si2/c1-15-16-17-18-19-22-37(40-42(28(2)3,29(4)5)30(6)7)27-26-36-25-24-35-21-20-23-38(34(14)39(35)36)41-43(31(8)9,32(10)11)33(12)13/h26-38H,15-25H2,1-14H3/b27-26+/t34-,35-,36-,37-,38+/m0/s1. The Balaban J connectivity index is 2.34. The summed E-state index contributed by atoms with van der Waals surface area (Å²) < 4.78 is 15.0. The zero-order valence-electron chi connectivity index (χ0n) is 31.5. The predicted octanol–water partition coefficient (Wildman–Crippen LogP) is 12.4. The predicted molar refractivity (Wildman–Crippen MR) is 196 cm³/mol. The molecule has 254 valence electrons. The third-order valence-electron chi connectivity index (χ3n) is 11.9.